The zero-order valence-corrected chi connectivity index (χ0v) is 19.5. The van der Waals surface area contributed by atoms with E-state index in [1.807, 2.05) is 36.4 Å². The summed E-state index contributed by atoms with van der Waals surface area (Å²) in [6, 6.07) is 11.8. The van der Waals surface area contributed by atoms with E-state index in [-0.39, 0.29) is 17.7 Å². The molecule has 0 bridgehead atoms. The monoisotopic (exact) mass is 473 g/mol. The molecular weight excluding hydrogens is 446 g/mol. The van der Waals surface area contributed by atoms with Gasteiger partial charge in [-0.05, 0) is 61.9 Å². The van der Waals surface area contributed by atoms with Crippen LogP contribution in [0.25, 0.3) is 0 Å². The van der Waals surface area contributed by atoms with Crippen molar-refractivity contribution >= 4 is 41.0 Å². The lowest BCUT2D eigenvalue weighted by atomic mass is 9.97. The van der Waals surface area contributed by atoms with Crippen LogP contribution in [-0.4, -0.2) is 53.4 Å². The number of aromatic nitrogens is 2. The van der Waals surface area contributed by atoms with Crippen LogP contribution in [-0.2, 0) is 16.0 Å². The zero-order valence-electron chi connectivity index (χ0n) is 17.9. The molecule has 9 heteroatoms. The maximum Gasteiger partial charge on any atom is 0.230 e. The lowest BCUT2D eigenvalue weighted by Crippen LogP contribution is -2.44. The van der Waals surface area contributed by atoms with E-state index in [1.165, 1.54) is 11.8 Å². The minimum atomic E-state index is -0.0320. The van der Waals surface area contributed by atoms with Crippen LogP contribution in [0.4, 0.5) is 5.82 Å². The van der Waals surface area contributed by atoms with Crippen molar-refractivity contribution in [1.82, 2.24) is 20.8 Å². The average Bonchev–Trinajstić information content (AvgIpc) is 3.63. The molecule has 170 valence electrons. The normalized spacial score (nSPS) is 18.3. The van der Waals surface area contributed by atoms with Crippen LogP contribution in [0, 0.1) is 5.92 Å². The fraction of sp³-hybridized carbons (Fsp3) is 0.478. The van der Waals surface area contributed by atoms with Gasteiger partial charge in [0.2, 0.25) is 11.8 Å². The van der Waals surface area contributed by atoms with Gasteiger partial charge in [-0.25, -0.2) is 0 Å². The standard InChI is InChI=1S/C23H28ClN5O2S/c24-18-5-3-16(4-6-18)11-12-25-21(30)15-32-22-10-9-20(27-28-22)29-13-1-2-17(14-29)23(31)26-19-7-8-19/h3-6,9-10,17,19H,1-2,7-8,11-15H2,(H,25,30)(H,26,31)/t17-/m0/s1. The number of nitrogens with one attached hydrogen (secondary N) is 2. The molecule has 1 aromatic heterocycles. The van der Waals surface area contributed by atoms with Gasteiger partial charge in [-0.2, -0.15) is 0 Å². The smallest absolute Gasteiger partial charge is 0.230 e. The second kappa shape index (κ2) is 11.0. The second-order valence-corrected chi connectivity index (χ2v) is 9.74. The largest absolute Gasteiger partial charge is 0.355 e. The lowest BCUT2D eigenvalue weighted by molar-refractivity contribution is -0.125. The Morgan fingerprint density at radius 3 is 2.62 bits per heavy atom. The van der Waals surface area contributed by atoms with Crippen LogP contribution >= 0.6 is 23.4 Å². The fourth-order valence-electron chi connectivity index (χ4n) is 3.69. The van der Waals surface area contributed by atoms with Gasteiger partial charge in [-0.15, -0.1) is 10.2 Å². The summed E-state index contributed by atoms with van der Waals surface area (Å²) in [7, 11) is 0. The van der Waals surface area contributed by atoms with E-state index in [4.69, 9.17) is 11.6 Å². The number of hydrogen-bond acceptors (Lipinski definition) is 6. The Morgan fingerprint density at radius 1 is 1.09 bits per heavy atom. The summed E-state index contributed by atoms with van der Waals surface area (Å²) in [5.74, 6) is 1.22. The highest BCUT2D eigenvalue weighted by atomic mass is 35.5. The first-order valence-corrected chi connectivity index (χ1v) is 12.5. The van der Waals surface area contributed by atoms with Crippen molar-refractivity contribution < 1.29 is 9.59 Å². The van der Waals surface area contributed by atoms with E-state index in [2.05, 4.69) is 25.7 Å². The summed E-state index contributed by atoms with van der Waals surface area (Å²) in [5, 5.41) is 16.1. The maximum atomic E-state index is 12.4. The number of carbonyl (C=O) groups excluding carboxylic acids is 2. The number of benzene rings is 1. The molecule has 2 aliphatic rings. The molecule has 2 heterocycles. The highest BCUT2D eigenvalue weighted by molar-refractivity contribution is 7.99. The molecular formula is C23H28ClN5O2S. The molecule has 1 saturated carbocycles. The molecule has 32 heavy (non-hydrogen) atoms. The average molecular weight is 474 g/mol. The molecule has 2 aromatic rings. The third-order valence-electron chi connectivity index (χ3n) is 5.67. The molecule has 0 unspecified atom stereocenters. The van der Waals surface area contributed by atoms with Gasteiger partial charge >= 0.3 is 0 Å². The molecule has 2 fully saturated rings. The van der Waals surface area contributed by atoms with Crippen molar-refractivity contribution in [2.75, 3.05) is 30.3 Å². The Balaban J connectivity index is 1.19. The van der Waals surface area contributed by atoms with E-state index >= 15 is 0 Å². The summed E-state index contributed by atoms with van der Waals surface area (Å²) >= 11 is 7.25. The quantitative estimate of drug-likeness (QED) is 0.544. The molecule has 7 nitrogen and oxygen atoms in total. The number of piperidine rings is 1. The Kier molecular flexibility index (Phi) is 7.86. The lowest BCUT2D eigenvalue weighted by Gasteiger charge is -2.32. The predicted octanol–water partition coefficient (Wildman–Crippen LogP) is 3.08. The molecule has 2 amide bonds. The molecule has 2 N–H and O–H groups in total. The number of hydrogen-bond donors (Lipinski definition) is 2. The molecule has 1 aromatic carbocycles. The van der Waals surface area contributed by atoms with Crippen molar-refractivity contribution in [1.29, 1.82) is 0 Å². The summed E-state index contributed by atoms with van der Waals surface area (Å²) < 4.78 is 0. The second-order valence-electron chi connectivity index (χ2n) is 8.31. The number of anilines is 1. The van der Waals surface area contributed by atoms with Gasteiger partial charge < -0.3 is 15.5 Å². The Morgan fingerprint density at radius 2 is 1.91 bits per heavy atom. The van der Waals surface area contributed by atoms with Gasteiger partial charge in [0.15, 0.2) is 5.82 Å². The zero-order chi connectivity index (χ0) is 22.3. The van der Waals surface area contributed by atoms with Crippen molar-refractivity contribution in [2.45, 2.75) is 43.2 Å². The number of amides is 2. The van der Waals surface area contributed by atoms with Gasteiger partial charge in [0.25, 0.3) is 0 Å². The Labute approximate surface area is 197 Å². The summed E-state index contributed by atoms with van der Waals surface area (Å²) in [6.07, 6.45) is 4.86. The minimum Gasteiger partial charge on any atom is -0.355 e. The van der Waals surface area contributed by atoms with Crippen LogP contribution < -0.4 is 15.5 Å². The SMILES string of the molecule is O=C(CSc1ccc(N2CCC[C@H](C(=O)NC3CC3)C2)nn1)NCCc1ccc(Cl)cc1. The number of rotatable bonds is 9. The summed E-state index contributed by atoms with van der Waals surface area (Å²) in [5.41, 5.74) is 1.13. The van der Waals surface area contributed by atoms with Gasteiger partial charge in [-0.1, -0.05) is 35.5 Å². The molecule has 0 radical (unpaired) electrons. The van der Waals surface area contributed by atoms with Crippen LogP contribution in [0.2, 0.25) is 5.02 Å². The first-order valence-electron chi connectivity index (χ1n) is 11.1. The first-order chi connectivity index (χ1) is 15.6. The van der Waals surface area contributed by atoms with E-state index in [1.54, 1.807) is 0 Å². The van der Waals surface area contributed by atoms with Crippen molar-refractivity contribution in [3.05, 3.63) is 47.0 Å². The van der Waals surface area contributed by atoms with Crippen LogP contribution in [0.1, 0.15) is 31.2 Å². The summed E-state index contributed by atoms with van der Waals surface area (Å²) in [6.45, 7) is 2.14. The van der Waals surface area contributed by atoms with E-state index < -0.39 is 0 Å². The van der Waals surface area contributed by atoms with Crippen molar-refractivity contribution in [3.8, 4) is 0 Å². The van der Waals surface area contributed by atoms with Crippen LogP contribution in [0.5, 0.6) is 0 Å². The van der Waals surface area contributed by atoms with Gasteiger partial charge in [0.05, 0.1) is 11.7 Å². The van der Waals surface area contributed by atoms with Gasteiger partial charge in [0, 0.05) is 30.7 Å². The molecule has 1 atom stereocenters. The fourth-order valence-corrected chi connectivity index (χ4v) is 4.46. The van der Waals surface area contributed by atoms with E-state index in [0.29, 0.717) is 34.9 Å². The minimum absolute atomic E-state index is 0.0109. The molecule has 0 spiro atoms. The Hall–Kier alpha value is -2.32. The number of thioether (sulfide) groups is 1. The summed E-state index contributed by atoms with van der Waals surface area (Å²) in [4.78, 5) is 26.6. The van der Waals surface area contributed by atoms with Crippen LogP contribution in [0.15, 0.2) is 41.4 Å². The van der Waals surface area contributed by atoms with Gasteiger partial charge in [-0.3, -0.25) is 9.59 Å². The number of carbonyl (C=O) groups is 2. The first kappa shape index (κ1) is 22.9. The highest BCUT2D eigenvalue weighted by Crippen LogP contribution is 2.25. The van der Waals surface area contributed by atoms with Crippen LogP contribution in [0.3, 0.4) is 0 Å². The van der Waals surface area contributed by atoms with E-state index in [0.717, 1.165) is 50.0 Å². The van der Waals surface area contributed by atoms with E-state index in [9.17, 15) is 9.59 Å². The molecule has 1 aliphatic heterocycles. The molecule has 4 rings (SSSR count). The maximum absolute atomic E-state index is 12.4. The molecule has 1 aliphatic carbocycles. The van der Waals surface area contributed by atoms with Gasteiger partial charge in [0.1, 0.15) is 5.03 Å². The van der Waals surface area contributed by atoms with Crippen molar-refractivity contribution in [2.24, 2.45) is 5.92 Å². The highest BCUT2D eigenvalue weighted by Gasteiger charge is 2.30. The third kappa shape index (κ3) is 6.84. The Bertz CT molecular complexity index is 921. The third-order valence-corrected chi connectivity index (χ3v) is 6.84. The van der Waals surface area contributed by atoms with Crippen molar-refractivity contribution in [3.63, 3.8) is 0 Å². The number of nitrogens with zero attached hydrogens (tertiary/aromatic N) is 3. The number of halogens is 1. The predicted molar refractivity (Wildman–Crippen MR) is 127 cm³/mol. The topological polar surface area (TPSA) is 87.2 Å². The molecule has 1 saturated heterocycles.